The monoisotopic (exact) mass is 339 g/mol. The van der Waals surface area contributed by atoms with Gasteiger partial charge >= 0.3 is 6.18 Å². The summed E-state index contributed by atoms with van der Waals surface area (Å²) in [6.07, 6.45) is -3.89. The minimum Gasteiger partial charge on any atom is -0.497 e. The number of benzene rings is 1. The van der Waals surface area contributed by atoms with Gasteiger partial charge < -0.3 is 15.0 Å². The maximum atomic E-state index is 12.8. The Kier molecular flexibility index (Phi) is 4.96. The van der Waals surface area contributed by atoms with E-state index in [4.69, 9.17) is 4.74 Å². The standard InChI is InChI=1S/C16H16F3N3O2/c1-10-12(7-11(24-3)8-13(10)22(2)9-23)20-15-6-4-5-14(21-15)16(17,18)19/h4-9H,1-3H3,(H,20,21). The first-order chi connectivity index (χ1) is 11.3. The second kappa shape index (κ2) is 6.77. The highest BCUT2D eigenvalue weighted by molar-refractivity contribution is 5.81. The number of pyridine rings is 1. The molecule has 8 heteroatoms. The lowest BCUT2D eigenvalue weighted by atomic mass is 10.1. The lowest BCUT2D eigenvalue weighted by Crippen LogP contribution is -2.16. The molecule has 0 saturated carbocycles. The Morgan fingerprint density at radius 2 is 2.00 bits per heavy atom. The van der Waals surface area contributed by atoms with Crippen LogP contribution in [0.25, 0.3) is 0 Å². The van der Waals surface area contributed by atoms with E-state index < -0.39 is 11.9 Å². The number of halogens is 3. The molecule has 2 aromatic rings. The minimum atomic E-state index is -4.52. The molecule has 1 aromatic heterocycles. The highest BCUT2D eigenvalue weighted by Crippen LogP contribution is 2.34. The fraction of sp³-hybridized carbons (Fsp3) is 0.250. The summed E-state index contributed by atoms with van der Waals surface area (Å²) in [6.45, 7) is 1.74. The molecule has 2 rings (SSSR count). The number of anilines is 3. The number of aromatic nitrogens is 1. The number of alkyl halides is 3. The van der Waals surface area contributed by atoms with Gasteiger partial charge in [0.15, 0.2) is 0 Å². The topological polar surface area (TPSA) is 54.5 Å². The molecule has 1 N–H and O–H groups in total. The SMILES string of the molecule is COc1cc(Nc2cccc(C(F)(F)F)n2)c(C)c(N(C)C=O)c1. The molecule has 0 aliphatic heterocycles. The predicted molar refractivity (Wildman–Crippen MR) is 84.7 cm³/mol. The Hall–Kier alpha value is -2.77. The molecule has 0 aliphatic rings. The van der Waals surface area contributed by atoms with Crippen LogP contribution in [0.3, 0.4) is 0 Å². The van der Waals surface area contributed by atoms with Crippen LogP contribution in [0.5, 0.6) is 5.75 Å². The summed E-state index contributed by atoms with van der Waals surface area (Å²) in [5, 5.41) is 2.85. The number of ether oxygens (including phenoxy) is 1. The lowest BCUT2D eigenvalue weighted by Gasteiger charge is -2.19. The number of nitrogens with zero attached hydrogens (tertiary/aromatic N) is 2. The van der Waals surface area contributed by atoms with Crippen LogP contribution in [0.2, 0.25) is 0 Å². The van der Waals surface area contributed by atoms with Crippen molar-refractivity contribution in [1.29, 1.82) is 0 Å². The van der Waals surface area contributed by atoms with Gasteiger partial charge in [-0.3, -0.25) is 4.79 Å². The number of carbonyl (C=O) groups is 1. The van der Waals surface area contributed by atoms with Gasteiger partial charge in [-0.2, -0.15) is 13.2 Å². The Balaban J connectivity index is 2.44. The van der Waals surface area contributed by atoms with E-state index in [0.717, 1.165) is 6.07 Å². The van der Waals surface area contributed by atoms with Crippen molar-refractivity contribution in [1.82, 2.24) is 4.98 Å². The maximum absolute atomic E-state index is 12.8. The summed E-state index contributed by atoms with van der Waals surface area (Å²) in [4.78, 5) is 15.9. The molecule has 24 heavy (non-hydrogen) atoms. The molecule has 128 valence electrons. The van der Waals surface area contributed by atoms with Gasteiger partial charge in [-0.15, -0.1) is 0 Å². The van der Waals surface area contributed by atoms with Gasteiger partial charge in [-0.25, -0.2) is 4.98 Å². The third-order valence-corrected chi connectivity index (χ3v) is 3.43. The van der Waals surface area contributed by atoms with Crippen LogP contribution >= 0.6 is 0 Å². The van der Waals surface area contributed by atoms with Crippen LogP contribution in [0.15, 0.2) is 30.3 Å². The molecule has 5 nitrogen and oxygen atoms in total. The van der Waals surface area contributed by atoms with E-state index in [2.05, 4.69) is 10.3 Å². The van der Waals surface area contributed by atoms with E-state index in [1.165, 1.54) is 24.1 Å². The molecule has 0 atom stereocenters. The van der Waals surface area contributed by atoms with Gasteiger partial charge in [0.25, 0.3) is 0 Å². The van der Waals surface area contributed by atoms with Crippen molar-refractivity contribution >= 4 is 23.6 Å². The van der Waals surface area contributed by atoms with Crippen molar-refractivity contribution in [2.75, 3.05) is 24.4 Å². The third kappa shape index (κ3) is 3.76. The maximum Gasteiger partial charge on any atom is 0.433 e. The van der Waals surface area contributed by atoms with Crippen LogP contribution in [-0.2, 0) is 11.0 Å². The van der Waals surface area contributed by atoms with E-state index in [9.17, 15) is 18.0 Å². The molecule has 0 saturated heterocycles. The first-order valence-corrected chi connectivity index (χ1v) is 6.94. The van der Waals surface area contributed by atoms with Crippen molar-refractivity contribution in [3.05, 3.63) is 41.6 Å². The first-order valence-electron chi connectivity index (χ1n) is 6.94. The summed E-state index contributed by atoms with van der Waals surface area (Å²) in [7, 11) is 3.03. The van der Waals surface area contributed by atoms with E-state index in [-0.39, 0.29) is 5.82 Å². The van der Waals surface area contributed by atoms with Crippen molar-refractivity contribution in [2.45, 2.75) is 13.1 Å². The Morgan fingerprint density at radius 3 is 2.58 bits per heavy atom. The summed E-state index contributed by atoms with van der Waals surface area (Å²) in [5.41, 5.74) is 0.742. The van der Waals surface area contributed by atoms with Gasteiger partial charge in [-0.1, -0.05) is 6.07 Å². The number of carbonyl (C=O) groups excluding carboxylic acids is 1. The molecule has 0 aliphatic carbocycles. The molecule has 1 amide bonds. The average Bonchev–Trinajstić information content (AvgIpc) is 2.55. The Morgan fingerprint density at radius 1 is 1.29 bits per heavy atom. The second-order valence-corrected chi connectivity index (χ2v) is 5.07. The quantitative estimate of drug-likeness (QED) is 0.843. The van der Waals surface area contributed by atoms with Crippen molar-refractivity contribution in [3.8, 4) is 5.75 Å². The molecule has 1 heterocycles. The average molecular weight is 339 g/mol. The highest BCUT2D eigenvalue weighted by atomic mass is 19.4. The number of methoxy groups -OCH3 is 1. The predicted octanol–water partition coefficient (Wildman–Crippen LogP) is 3.75. The van der Waals surface area contributed by atoms with Crippen molar-refractivity contribution < 1.29 is 22.7 Å². The zero-order valence-electron chi connectivity index (χ0n) is 13.3. The van der Waals surface area contributed by atoms with E-state index in [0.29, 0.717) is 29.1 Å². The van der Waals surface area contributed by atoms with E-state index in [1.54, 1.807) is 26.1 Å². The molecule has 0 unspecified atom stereocenters. The van der Waals surface area contributed by atoms with E-state index >= 15 is 0 Å². The van der Waals surface area contributed by atoms with Crippen LogP contribution in [-0.4, -0.2) is 25.6 Å². The summed E-state index contributed by atoms with van der Waals surface area (Å²) in [5.74, 6) is 0.500. The van der Waals surface area contributed by atoms with Crippen molar-refractivity contribution in [2.24, 2.45) is 0 Å². The smallest absolute Gasteiger partial charge is 0.433 e. The van der Waals surface area contributed by atoms with Gasteiger partial charge in [0.1, 0.15) is 17.3 Å². The fourth-order valence-electron chi connectivity index (χ4n) is 2.14. The second-order valence-electron chi connectivity index (χ2n) is 5.07. The highest BCUT2D eigenvalue weighted by Gasteiger charge is 2.32. The van der Waals surface area contributed by atoms with Gasteiger partial charge in [0, 0.05) is 24.9 Å². The summed E-state index contributed by atoms with van der Waals surface area (Å²) >= 11 is 0. The normalized spacial score (nSPS) is 11.1. The molecule has 0 bridgehead atoms. The summed E-state index contributed by atoms with van der Waals surface area (Å²) in [6, 6.07) is 6.88. The van der Waals surface area contributed by atoms with Gasteiger partial charge in [0.05, 0.1) is 12.8 Å². The zero-order chi connectivity index (χ0) is 17.9. The first kappa shape index (κ1) is 17.6. The molecule has 0 radical (unpaired) electrons. The third-order valence-electron chi connectivity index (χ3n) is 3.43. The minimum absolute atomic E-state index is 0.0425. The zero-order valence-corrected chi connectivity index (χ0v) is 13.3. The van der Waals surface area contributed by atoms with Crippen LogP contribution in [0, 0.1) is 6.92 Å². The van der Waals surface area contributed by atoms with Crippen LogP contribution < -0.4 is 15.0 Å². The Labute approximate surface area is 137 Å². The number of hydrogen-bond donors (Lipinski definition) is 1. The van der Waals surface area contributed by atoms with Gasteiger partial charge in [-0.05, 0) is 24.6 Å². The number of hydrogen-bond acceptors (Lipinski definition) is 4. The molecular formula is C16H16F3N3O2. The molecule has 0 spiro atoms. The largest absolute Gasteiger partial charge is 0.497 e. The van der Waals surface area contributed by atoms with Crippen LogP contribution in [0.1, 0.15) is 11.3 Å². The van der Waals surface area contributed by atoms with Gasteiger partial charge in [0.2, 0.25) is 6.41 Å². The molecular weight excluding hydrogens is 323 g/mol. The fourth-order valence-corrected chi connectivity index (χ4v) is 2.14. The summed E-state index contributed by atoms with van der Waals surface area (Å²) < 4.78 is 43.5. The number of rotatable bonds is 5. The van der Waals surface area contributed by atoms with E-state index in [1.807, 2.05) is 0 Å². The number of amides is 1. The lowest BCUT2D eigenvalue weighted by molar-refractivity contribution is -0.141. The van der Waals surface area contributed by atoms with Crippen molar-refractivity contribution in [3.63, 3.8) is 0 Å². The molecule has 1 aromatic carbocycles. The molecule has 0 fully saturated rings. The van der Waals surface area contributed by atoms with Crippen LogP contribution in [0.4, 0.5) is 30.4 Å². The Bertz CT molecular complexity index is 748. The number of nitrogens with one attached hydrogen (secondary N) is 1.